The van der Waals surface area contributed by atoms with Gasteiger partial charge in [-0.3, -0.25) is 10.4 Å². The predicted molar refractivity (Wildman–Crippen MR) is 70.9 cm³/mol. The van der Waals surface area contributed by atoms with Crippen LogP contribution in [0.4, 0.5) is 5.69 Å². The van der Waals surface area contributed by atoms with Crippen LogP contribution < -0.4 is 10.6 Å². The molecule has 0 fully saturated rings. The number of aromatic nitrogens is 1. The van der Waals surface area contributed by atoms with Crippen molar-refractivity contribution in [3.05, 3.63) is 22.9 Å². The lowest BCUT2D eigenvalue weighted by molar-refractivity contribution is 0.696. The van der Waals surface area contributed by atoms with E-state index in [4.69, 9.17) is 11.1 Å². The molecule has 0 saturated heterocycles. The Hall–Kier alpha value is -1.10. The maximum atomic E-state index is 7.41. The van der Waals surface area contributed by atoms with Gasteiger partial charge in [0.05, 0.1) is 16.0 Å². The van der Waals surface area contributed by atoms with Crippen LogP contribution in [0.25, 0.3) is 0 Å². The zero-order valence-electron chi connectivity index (χ0n) is 9.57. The summed E-state index contributed by atoms with van der Waals surface area (Å²) >= 11 is 3.48. The third-order valence-corrected chi connectivity index (χ3v) is 3.11. The van der Waals surface area contributed by atoms with Crippen molar-refractivity contribution in [1.29, 1.82) is 5.41 Å². The molecule has 88 valence electrons. The van der Waals surface area contributed by atoms with Gasteiger partial charge in [-0.1, -0.05) is 6.92 Å². The summed E-state index contributed by atoms with van der Waals surface area (Å²) in [6.07, 6.45) is 3.54. The third kappa shape index (κ3) is 3.20. The minimum atomic E-state index is 0.0556. The highest BCUT2D eigenvalue weighted by atomic mass is 79.9. The molecule has 5 heteroatoms. The first kappa shape index (κ1) is 13.0. The first-order chi connectivity index (χ1) is 7.56. The molecule has 0 radical (unpaired) electrons. The summed E-state index contributed by atoms with van der Waals surface area (Å²) < 4.78 is 0.965. The van der Waals surface area contributed by atoms with Gasteiger partial charge < -0.3 is 10.6 Å². The molecule has 0 bridgehead atoms. The number of hydrogen-bond donors (Lipinski definition) is 2. The summed E-state index contributed by atoms with van der Waals surface area (Å²) in [7, 11) is 0. The summed E-state index contributed by atoms with van der Waals surface area (Å²) in [6.45, 7) is 5.66. The van der Waals surface area contributed by atoms with E-state index >= 15 is 0 Å². The average molecular weight is 285 g/mol. The van der Waals surface area contributed by atoms with Crippen molar-refractivity contribution >= 4 is 27.5 Å². The van der Waals surface area contributed by atoms with E-state index in [1.807, 2.05) is 13.0 Å². The summed E-state index contributed by atoms with van der Waals surface area (Å²) in [5.74, 6) is 0.281. The molecule has 1 atom stereocenters. The number of halogens is 1. The lowest BCUT2D eigenvalue weighted by Gasteiger charge is -2.26. The summed E-state index contributed by atoms with van der Waals surface area (Å²) in [5, 5.41) is 7.41. The van der Waals surface area contributed by atoms with Crippen LogP contribution in [0.5, 0.6) is 0 Å². The van der Waals surface area contributed by atoms with Crippen LogP contribution in [-0.2, 0) is 0 Å². The van der Waals surface area contributed by atoms with Gasteiger partial charge in [0.25, 0.3) is 0 Å². The smallest absolute Gasteiger partial charge is 0.0952 e. The molecule has 0 saturated carbocycles. The molecule has 0 spiro atoms. The van der Waals surface area contributed by atoms with Crippen LogP contribution in [-0.4, -0.2) is 23.9 Å². The van der Waals surface area contributed by atoms with E-state index < -0.39 is 0 Å². The second-order valence-corrected chi connectivity index (χ2v) is 4.58. The zero-order valence-corrected chi connectivity index (χ0v) is 11.2. The van der Waals surface area contributed by atoms with Gasteiger partial charge in [-0.05, 0) is 28.9 Å². The number of pyridine rings is 1. The van der Waals surface area contributed by atoms with E-state index in [9.17, 15) is 0 Å². The number of amidine groups is 1. The second kappa shape index (κ2) is 5.84. The molecule has 1 unspecified atom stereocenters. The van der Waals surface area contributed by atoms with Gasteiger partial charge in [-0.25, -0.2) is 0 Å². The number of rotatable bonds is 5. The van der Waals surface area contributed by atoms with Crippen molar-refractivity contribution in [1.82, 2.24) is 4.98 Å². The average Bonchev–Trinajstić information content (AvgIpc) is 2.26. The first-order valence-corrected chi connectivity index (χ1v) is 6.04. The summed E-state index contributed by atoms with van der Waals surface area (Å²) in [5.41, 5.74) is 6.58. The fraction of sp³-hybridized carbons (Fsp3) is 0.455. The molecule has 0 amide bonds. The van der Waals surface area contributed by atoms with E-state index in [0.717, 1.165) is 23.2 Å². The molecule has 0 aliphatic rings. The SMILES string of the molecule is CCN(CC(C)C(=N)N)c1ccncc1Br. The zero-order chi connectivity index (χ0) is 12.1. The number of anilines is 1. The molecular formula is C11H17BrN4. The Bertz CT molecular complexity index is 367. The molecule has 1 heterocycles. The van der Waals surface area contributed by atoms with Crippen LogP contribution in [0, 0.1) is 11.3 Å². The van der Waals surface area contributed by atoms with Crippen LogP contribution in [0.1, 0.15) is 13.8 Å². The van der Waals surface area contributed by atoms with E-state index in [2.05, 4.69) is 32.7 Å². The quantitative estimate of drug-likeness (QED) is 0.644. The standard InChI is InChI=1S/C11H17BrN4/c1-3-16(7-8(2)11(13)14)10-4-5-15-6-9(10)12/h4-6,8H,3,7H2,1-2H3,(H3,13,14). The molecule has 0 aliphatic heterocycles. The Balaban J connectivity index is 2.83. The van der Waals surface area contributed by atoms with Crippen molar-refractivity contribution in [2.75, 3.05) is 18.0 Å². The summed E-state index contributed by atoms with van der Waals surface area (Å²) in [4.78, 5) is 6.21. The van der Waals surface area contributed by atoms with E-state index in [1.165, 1.54) is 0 Å². The maximum Gasteiger partial charge on any atom is 0.0952 e. The Morgan fingerprint density at radius 2 is 2.38 bits per heavy atom. The highest BCUT2D eigenvalue weighted by Crippen LogP contribution is 2.25. The Morgan fingerprint density at radius 3 is 2.88 bits per heavy atom. The maximum absolute atomic E-state index is 7.41. The molecule has 4 nitrogen and oxygen atoms in total. The predicted octanol–water partition coefficient (Wildman–Crippen LogP) is 2.24. The van der Waals surface area contributed by atoms with Crippen LogP contribution in [0.2, 0.25) is 0 Å². The molecule has 1 rings (SSSR count). The summed E-state index contributed by atoms with van der Waals surface area (Å²) in [6, 6.07) is 1.96. The normalized spacial score (nSPS) is 12.2. The highest BCUT2D eigenvalue weighted by molar-refractivity contribution is 9.10. The van der Waals surface area contributed by atoms with Gasteiger partial charge in [0.15, 0.2) is 0 Å². The Kier molecular flexibility index (Phi) is 4.73. The molecule has 1 aromatic heterocycles. The number of nitrogens with zero attached hydrogens (tertiary/aromatic N) is 2. The second-order valence-electron chi connectivity index (χ2n) is 3.72. The largest absolute Gasteiger partial charge is 0.387 e. The third-order valence-electron chi connectivity index (χ3n) is 2.50. The van der Waals surface area contributed by atoms with E-state index in [0.29, 0.717) is 0 Å². The number of nitrogens with two attached hydrogens (primary N) is 1. The molecular weight excluding hydrogens is 268 g/mol. The van der Waals surface area contributed by atoms with Gasteiger partial charge in [0, 0.05) is 31.4 Å². The van der Waals surface area contributed by atoms with Crippen LogP contribution >= 0.6 is 15.9 Å². The van der Waals surface area contributed by atoms with Gasteiger partial charge in [-0.15, -0.1) is 0 Å². The van der Waals surface area contributed by atoms with Crippen LogP contribution in [0.15, 0.2) is 22.9 Å². The Labute approximate surface area is 104 Å². The van der Waals surface area contributed by atoms with Crippen molar-refractivity contribution in [2.45, 2.75) is 13.8 Å². The lowest BCUT2D eigenvalue weighted by atomic mass is 10.1. The van der Waals surface area contributed by atoms with Crippen molar-refractivity contribution in [2.24, 2.45) is 11.7 Å². The van der Waals surface area contributed by atoms with Crippen LogP contribution in [0.3, 0.4) is 0 Å². The van der Waals surface area contributed by atoms with Gasteiger partial charge >= 0.3 is 0 Å². The van der Waals surface area contributed by atoms with E-state index in [1.54, 1.807) is 12.4 Å². The van der Waals surface area contributed by atoms with E-state index in [-0.39, 0.29) is 11.8 Å². The van der Waals surface area contributed by atoms with Gasteiger partial charge in [0.1, 0.15) is 0 Å². The minimum Gasteiger partial charge on any atom is -0.387 e. The number of nitrogens with one attached hydrogen (secondary N) is 1. The lowest BCUT2D eigenvalue weighted by Crippen LogP contribution is -2.34. The monoisotopic (exact) mass is 284 g/mol. The number of hydrogen-bond acceptors (Lipinski definition) is 3. The molecule has 3 N–H and O–H groups in total. The fourth-order valence-electron chi connectivity index (χ4n) is 1.45. The minimum absolute atomic E-state index is 0.0556. The van der Waals surface area contributed by atoms with Crippen molar-refractivity contribution in [3.8, 4) is 0 Å². The van der Waals surface area contributed by atoms with Crippen molar-refractivity contribution < 1.29 is 0 Å². The topological polar surface area (TPSA) is 66.0 Å². The molecule has 0 aliphatic carbocycles. The first-order valence-electron chi connectivity index (χ1n) is 5.24. The Morgan fingerprint density at radius 1 is 1.69 bits per heavy atom. The fourth-order valence-corrected chi connectivity index (χ4v) is 1.95. The molecule has 16 heavy (non-hydrogen) atoms. The highest BCUT2D eigenvalue weighted by Gasteiger charge is 2.13. The molecule has 0 aromatic carbocycles. The van der Waals surface area contributed by atoms with Crippen molar-refractivity contribution in [3.63, 3.8) is 0 Å². The van der Waals surface area contributed by atoms with Gasteiger partial charge in [-0.2, -0.15) is 0 Å². The molecule has 1 aromatic rings. The van der Waals surface area contributed by atoms with Gasteiger partial charge in [0.2, 0.25) is 0 Å².